The Morgan fingerprint density at radius 2 is 2.00 bits per heavy atom. The van der Waals surface area contributed by atoms with E-state index in [0.717, 1.165) is 6.61 Å². The number of hydrogen-bond acceptors (Lipinski definition) is 4. The monoisotopic (exact) mass is 206 g/mol. The summed E-state index contributed by atoms with van der Waals surface area (Å²) >= 11 is 0. The Hall–Kier alpha value is -0.593. The zero-order chi connectivity index (χ0) is 10.3. The summed E-state index contributed by atoms with van der Waals surface area (Å²) in [4.78, 5) is 12.6. The molecule has 0 spiro atoms. The number of hydrogen-bond donors (Lipinski definition) is 2. The molecule has 1 aliphatic rings. The second kappa shape index (κ2) is 5.95. The highest BCUT2D eigenvalue weighted by Gasteiger charge is 2.24. The topological polar surface area (TPSA) is 87.6 Å². The number of rotatable bonds is 0. The molecule has 13 heavy (non-hydrogen) atoms. The molecule has 1 saturated heterocycles. The summed E-state index contributed by atoms with van der Waals surface area (Å²) in [5, 5.41) is 0. The first kappa shape index (κ1) is 12.4. The van der Waals surface area contributed by atoms with Crippen molar-refractivity contribution in [2.75, 3.05) is 6.61 Å². The van der Waals surface area contributed by atoms with Crippen LogP contribution in [0.2, 0.25) is 19.1 Å². The van der Waals surface area contributed by atoms with Crippen molar-refractivity contribution in [3.05, 3.63) is 0 Å². The highest BCUT2D eigenvalue weighted by molar-refractivity contribution is 6.71. The lowest BCUT2D eigenvalue weighted by Gasteiger charge is -2.27. The van der Waals surface area contributed by atoms with E-state index in [-0.39, 0.29) is 0 Å². The molecule has 1 amide bonds. The van der Waals surface area contributed by atoms with E-state index < -0.39 is 14.4 Å². The Bertz CT molecular complexity index is 156. The first-order chi connectivity index (χ1) is 5.98. The average molecular weight is 206 g/mol. The van der Waals surface area contributed by atoms with Crippen molar-refractivity contribution in [2.45, 2.75) is 32.0 Å². The van der Waals surface area contributed by atoms with Gasteiger partial charge in [-0.2, -0.15) is 5.90 Å². The van der Waals surface area contributed by atoms with Gasteiger partial charge in [0.1, 0.15) is 0 Å². The fourth-order valence-electron chi connectivity index (χ4n) is 1.07. The molecule has 1 aliphatic heterocycles. The molecule has 6 heteroatoms. The van der Waals surface area contributed by atoms with Gasteiger partial charge in [-0.25, -0.2) is 4.79 Å². The Labute approximate surface area is 79.5 Å². The third-order valence-electron chi connectivity index (χ3n) is 1.78. The lowest BCUT2D eigenvalue weighted by Crippen LogP contribution is -2.33. The first-order valence-corrected chi connectivity index (χ1v) is 7.39. The van der Waals surface area contributed by atoms with E-state index in [9.17, 15) is 4.79 Å². The lowest BCUT2D eigenvalue weighted by molar-refractivity contribution is 0.159. The molecule has 0 bridgehead atoms. The highest BCUT2D eigenvalue weighted by Crippen LogP contribution is 2.20. The van der Waals surface area contributed by atoms with Crippen LogP contribution < -0.4 is 11.6 Å². The van der Waals surface area contributed by atoms with Gasteiger partial charge in [0.25, 0.3) is 0 Å². The van der Waals surface area contributed by atoms with Crippen LogP contribution in [-0.2, 0) is 9.26 Å². The van der Waals surface area contributed by atoms with Crippen LogP contribution in [0.25, 0.3) is 0 Å². The molecule has 0 radical (unpaired) electrons. The van der Waals surface area contributed by atoms with E-state index in [1.54, 1.807) is 0 Å². The predicted octanol–water partition coefficient (Wildman–Crippen LogP) is 0.957. The van der Waals surface area contributed by atoms with Crippen LogP contribution in [-0.4, -0.2) is 21.0 Å². The summed E-state index contributed by atoms with van der Waals surface area (Å²) in [6.45, 7) is 5.62. The number of carbonyl (C=O) groups excluding carboxylic acids is 1. The van der Waals surface area contributed by atoms with Crippen molar-refractivity contribution in [3.8, 4) is 0 Å². The van der Waals surface area contributed by atoms with Gasteiger partial charge in [-0.05, 0) is 25.6 Å². The van der Waals surface area contributed by atoms with E-state index in [1.165, 1.54) is 18.9 Å². The molecule has 0 aliphatic carbocycles. The summed E-state index contributed by atoms with van der Waals surface area (Å²) in [7, 11) is -1.09. The molecule has 0 unspecified atom stereocenters. The van der Waals surface area contributed by atoms with Gasteiger partial charge in [0, 0.05) is 6.61 Å². The number of primary amides is 1. The maximum atomic E-state index is 9.24. The van der Waals surface area contributed by atoms with E-state index in [2.05, 4.69) is 29.6 Å². The van der Waals surface area contributed by atoms with Crippen LogP contribution in [0.4, 0.5) is 4.79 Å². The standard InChI is InChI=1S/C6H14OSi.CH4N2O2/c1-8(2)6-4-3-5-7-8;2-1(4)5-3/h3-6H2,1-2H3;3H2,(H2,2,4). The third kappa shape index (κ3) is 7.76. The maximum Gasteiger partial charge on any atom is 0.423 e. The van der Waals surface area contributed by atoms with Crippen LogP contribution in [0, 0.1) is 0 Å². The van der Waals surface area contributed by atoms with Crippen molar-refractivity contribution in [2.24, 2.45) is 11.6 Å². The van der Waals surface area contributed by atoms with Gasteiger partial charge >= 0.3 is 6.09 Å². The van der Waals surface area contributed by atoms with Crippen molar-refractivity contribution in [1.82, 2.24) is 0 Å². The van der Waals surface area contributed by atoms with E-state index in [0.29, 0.717) is 0 Å². The highest BCUT2D eigenvalue weighted by atomic mass is 28.4. The second-order valence-corrected chi connectivity index (χ2v) is 7.81. The van der Waals surface area contributed by atoms with E-state index >= 15 is 0 Å². The molecule has 0 aromatic heterocycles. The molecule has 0 atom stereocenters. The van der Waals surface area contributed by atoms with Crippen LogP contribution in [0.1, 0.15) is 12.8 Å². The van der Waals surface area contributed by atoms with Crippen LogP contribution in [0.3, 0.4) is 0 Å². The smallest absolute Gasteiger partial charge is 0.417 e. The molecule has 1 fully saturated rings. The molecule has 1 heterocycles. The minimum absolute atomic E-state index is 0.968. The van der Waals surface area contributed by atoms with Gasteiger partial charge in [-0.1, -0.05) is 6.42 Å². The average Bonchev–Trinajstić information content (AvgIpc) is 2.05. The SMILES string of the molecule is C[Si]1(C)CCCCO1.NOC(N)=O. The largest absolute Gasteiger partial charge is 0.423 e. The van der Waals surface area contributed by atoms with Crippen molar-refractivity contribution in [3.63, 3.8) is 0 Å². The van der Waals surface area contributed by atoms with Crippen LogP contribution >= 0.6 is 0 Å². The van der Waals surface area contributed by atoms with Crippen LogP contribution in [0.15, 0.2) is 0 Å². The third-order valence-corrected chi connectivity index (χ3v) is 4.33. The molecule has 78 valence electrons. The zero-order valence-electron chi connectivity index (χ0n) is 8.21. The quantitative estimate of drug-likeness (QED) is 0.456. The van der Waals surface area contributed by atoms with Gasteiger partial charge < -0.3 is 15.0 Å². The summed E-state index contributed by atoms with van der Waals surface area (Å²) in [6.07, 6.45) is 1.72. The second-order valence-electron chi connectivity index (χ2n) is 3.50. The van der Waals surface area contributed by atoms with Gasteiger partial charge in [-0.3, -0.25) is 0 Å². The Morgan fingerprint density at radius 1 is 1.46 bits per heavy atom. The van der Waals surface area contributed by atoms with Gasteiger partial charge in [0.15, 0.2) is 8.32 Å². The summed E-state index contributed by atoms with van der Waals surface area (Å²) in [5.74, 6) is 4.20. The summed E-state index contributed by atoms with van der Waals surface area (Å²) in [6, 6.07) is 1.37. The molecular weight excluding hydrogens is 188 g/mol. The molecule has 0 saturated carbocycles. The molecule has 0 aromatic rings. The Kier molecular flexibility index (Phi) is 5.68. The molecule has 1 rings (SSSR count). The molecule has 5 nitrogen and oxygen atoms in total. The summed E-state index contributed by atoms with van der Waals surface area (Å²) in [5.41, 5.74) is 4.31. The predicted molar refractivity (Wildman–Crippen MR) is 52.3 cm³/mol. The Balaban J connectivity index is 0.000000252. The number of amides is 1. The zero-order valence-corrected chi connectivity index (χ0v) is 9.21. The van der Waals surface area contributed by atoms with E-state index in [4.69, 9.17) is 4.43 Å². The first-order valence-electron chi connectivity index (χ1n) is 4.28. The minimum Gasteiger partial charge on any atom is -0.417 e. The van der Waals surface area contributed by atoms with Gasteiger partial charge in [-0.15, -0.1) is 0 Å². The Morgan fingerprint density at radius 3 is 2.15 bits per heavy atom. The minimum atomic E-state index is -1.09. The summed E-state index contributed by atoms with van der Waals surface area (Å²) < 4.78 is 5.60. The lowest BCUT2D eigenvalue weighted by atomic mass is 10.4. The molecular formula is C7H18N2O3Si. The maximum absolute atomic E-state index is 9.24. The van der Waals surface area contributed by atoms with Crippen molar-refractivity contribution in [1.29, 1.82) is 0 Å². The number of nitrogens with two attached hydrogens (primary N) is 2. The van der Waals surface area contributed by atoms with Crippen molar-refractivity contribution < 1.29 is 14.1 Å². The fraction of sp³-hybridized carbons (Fsp3) is 0.857. The van der Waals surface area contributed by atoms with Gasteiger partial charge in [0.2, 0.25) is 0 Å². The van der Waals surface area contributed by atoms with Crippen LogP contribution in [0.5, 0.6) is 0 Å². The number of carbonyl (C=O) groups is 1. The fourth-order valence-corrected chi connectivity index (χ4v) is 3.02. The molecule has 0 aromatic carbocycles. The molecule has 4 N–H and O–H groups in total. The van der Waals surface area contributed by atoms with Crippen molar-refractivity contribution >= 4 is 14.4 Å². The van der Waals surface area contributed by atoms with Gasteiger partial charge in [0.05, 0.1) is 0 Å². The van der Waals surface area contributed by atoms with E-state index in [1.807, 2.05) is 0 Å². The normalized spacial score (nSPS) is 19.6.